The summed E-state index contributed by atoms with van der Waals surface area (Å²) >= 11 is 0. The molecule has 0 spiro atoms. The second-order valence-corrected chi connectivity index (χ2v) is 6.95. The van der Waals surface area contributed by atoms with E-state index in [1.807, 2.05) is 16.2 Å². The quantitative estimate of drug-likeness (QED) is 0.766. The Morgan fingerprint density at radius 3 is 2.83 bits per heavy atom. The van der Waals surface area contributed by atoms with Crippen molar-refractivity contribution in [3.63, 3.8) is 0 Å². The molecule has 0 radical (unpaired) electrons. The van der Waals surface area contributed by atoms with Gasteiger partial charge in [-0.3, -0.25) is 9.13 Å². The largest absolute Gasteiger partial charge is 0.330 e. The first kappa shape index (κ1) is 17.2. The number of piperidine rings is 1. The summed E-state index contributed by atoms with van der Waals surface area (Å²) < 4.78 is 3.86. The molecule has 24 heavy (non-hydrogen) atoms. The van der Waals surface area contributed by atoms with Gasteiger partial charge in [0, 0.05) is 13.6 Å². The maximum Gasteiger partial charge on any atom is 0.329 e. The molecule has 2 aromatic rings. The second-order valence-electron chi connectivity index (χ2n) is 6.95. The van der Waals surface area contributed by atoms with Crippen LogP contribution in [0.25, 0.3) is 11.0 Å². The Balaban J connectivity index is 1.88. The van der Waals surface area contributed by atoms with Crippen molar-refractivity contribution in [2.45, 2.75) is 51.0 Å². The number of hydrogen-bond acceptors (Lipinski definition) is 3. The van der Waals surface area contributed by atoms with E-state index >= 15 is 0 Å². The first-order chi connectivity index (χ1) is 11.7. The van der Waals surface area contributed by atoms with E-state index in [9.17, 15) is 4.79 Å². The Bertz CT molecular complexity index is 725. The van der Waals surface area contributed by atoms with Crippen molar-refractivity contribution >= 4 is 11.0 Å². The third-order valence-corrected chi connectivity index (χ3v) is 5.22. The average Bonchev–Trinajstić information content (AvgIpc) is 2.87. The Morgan fingerprint density at radius 1 is 1.25 bits per heavy atom. The number of aryl methyl sites for hydroxylation is 2. The molecule has 1 aromatic heterocycles. The Labute approximate surface area is 143 Å². The van der Waals surface area contributed by atoms with Crippen LogP contribution in [0.2, 0.25) is 0 Å². The normalized spacial score (nSPS) is 18.3. The number of fused-ring (bicyclic) bond motifs is 1. The lowest BCUT2D eigenvalue weighted by Crippen LogP contribution is -2.36. The fourth-order valence-corrected chi connectivity index (χ4v) is 3.94. The Hall–Kier alpha value is -1.59. The molecule has 0 amide bonds. The minimum atomic E-state index is 0.120. The van der Waals surface area contributed by atoms with E-state index in [0.717, 1.165) is 62.8 Å². The first-order valence-corrected chi connectivity index (χ1v) is 9.33. The SMILES string of the molecule is Cn1c(=O)n(C2CCCNC2)c2cccc(CCCCCCN)c21. The van der Waals surface area contributed by atoms with Crippen molar-refractivity contribution in [2.75, 3.05) is 19.6 Å². The zero-order valence-electron chi connectivity index (χ0n) is 14.8. The molecule has 1 aliphatic rings. The molecule has 0 aliphatic carbocycles. The molecule has 0 saturated carbocycles. The number of nitrogens with one attached hydrogen (secondary N) is 1. The molecular formula is C19H30N4O. The topological polar surface area (TPSA) is 65.0 Å². The van der Waals surface area contributed by atoms with Crippen LogP contribution in [-0.2, 0) is 13.5 Å². The number of aromatic nitrogens is 2. The molecule has 1 unspecified atom stereocenters. The highest BCUT2D eigenvalue weighted by molar-refractivity contribution is 5.80. The van der Waals surface area contributed by atoms with Crippen LogP contribution in [0, 0.1) is 0 Å². The molecule has 1 fully saturated rings. The molecule has 1 saturated heterocycles. The number of unbranched alkanes of at least 4 members (excludes halogenated alkanes) is 3. The second kappa shape index (κ2) is 7.99. The summed E-state index contributed by atoms with van der Waals surface area (Å²) in [5, 5.41) is 3.42. The summed E-state index contributed by atoms with van der Waals surface area (Å²) in [7, 11) is 1.91. The van der Waals surface area contributed by atoms with Gasteiger partial charge in [-0.25, -0.2) is 4.79 Å². The minimum Gasteiger partial charge on any atom is -0.330 e. The molecule has 1 aromatic carbocycles. The zero-order valence-corrected chi connectivity index (χ0v) is 14.8. The Morgan fingerprint density at radius 2 is 2.08 bits per heavy atom. The average molecular weight is 330 g/mol. The van der Waals surface area contributed by atoms with Gasteiger partial charge in [0.05, 0.1) is 17.1 Å². The zero-order chi connectivity index (χ0) is 16.9. The lowest BCUT2D eigenvalue weighted by Gasteiger charge is -2.24. The van der Waals surface area contributed by atoms with Crippen molar-refractivity contribution in [2.24, 2.45) is 12.8 Å². The molecule has 132 valence electrons. The number of hydrogen-bond donors (Lipinski definition) is 2. The van der Waals surface area contributed by atoms with Crippen LogP contribution < -0.4 is 16.7 Å². The van der Waals surface area contributed by atoms with Gasteiger partial charge in [-0.1, -0.05) is 25.0 Å². The maximum absolute atomic E-state index is 12.8. The lowest BCUT2D eigenvalue weighted by molar-refractivity contribution is 0.369. The number of nitrogens with two attached hydrogens (primary N) is 1. The fraction of sp³-hybridized carbons (Fsp3) is 0.632. The summed E-state index contributed by atoms with van der Waals surface area (Å²) in [5.41, 5.74) is 9.18. The number of imidazole rings is 1. The molecule has 5 nitrogen and oxygen atoms in total. The van der Waals surface area contributed by atoms with E-state index in [0.29, 0.717) is 0 Å². The van der Waals surface area contributed by atoms with E-state index in [4.69, 9.17) is 5.73 Å². The predicted molar refractivity (Wildman–Crippen MR) is 99.5 cm³/mol. The number of benzene rings is 1. The number of nitrogens with zero attached hydrogens (tertiary/aromatic N) is 2. The summed E-state index contributed by atoms with van der Waals surface area (Å²) in [6.07, 6.45) is 7.90. The van der Waals surface area contributed by atoms with Crippen LogP contribution in [0.5, 0.6) is 0 Å². The minimum absolute atomic E-state index is 0.120. The van der Waals surface area contributed by atoms with Crippen LogP contribution in [0.4, 0.5) is 0 Å². The summed E-state index contributed by atoms with van der Waals surface area (Å²) in [6, 6.07) is 6.65. The van der Waals surface area contributed by atoms with Gasteiger partial charge in [0.2, 0.25) is 0 Å². The third-order valence-electron chi connectivity index (χ3n) is 5.22. The van der Waals surface area contributed by atoms with Crippen LogP contribution in [0.15, 0.2) is 23.0 Å². The molecule has 3 rings (SSSR count). The van der Waals surface area contributed by atoms with E-state index < -0.39 is 0 Å². The monoisotopic (exact) mass is 330 g/mol. The highest BCUT2D eigenvalue weighted by atomic mass is 16.1. The summed E-state index contributed by atoms with van der Waals surface area (Å²) in [4.78, 5) is 12.8. The van der Waals surface area contributed by atoms with Gasteiger partial charge in [0.25, 0.3) is 0 Å². The molecule has 3 N–H and O–H groups in total. The lowest BCUT2D eigenvalue weighted by atomic mass is 10.0. The van der Waals surface area contributed by atoms with Gasteiger partial charge in [-0.15, -0.1) is 0 Å². The van der Waals surface area contributed by atoms with Crippen molar-refractivity contribution in [3.05, 3.63) is 34.2 Å². The van der Waals surface area contributed by atoms with Gasteiger partial charge in [-0.2, -0.15) is 0 Å². The van der Waals surface area contributed by atoms with Crippen molar-refractivity contribution in [3.8, 4) is 0 Å². The van der Waals surface area contributed by atoms with Crippen molar-refractivity contribution in [1.82, 2.24) is 14.5 Å². The maximum atomic E-state index is 12.8. The summed E-state index contributed by atoms with van der Waals surface area (Å²) in [5.74, 6) is 0. The van der Waals surface area contributed by atoms with Crippen LogP contribution >= 0.6 is 0 Å². The molecule has 0 bridgehead atoms. The van der Waals surface area contributed by atoms with E-state index in [2.05, 4.69) is 23.5 Å². The van der Waals surface area contributed by atoms with Gasteiger partial charge in [-0.05, 0) is 56.8 Å². The third kappa shape index (κ3) is 3.42. The standard InChI is InChI=1S/C19H30N4O/c1-22-18-15(8-4-2-3-5-12-20)9-6-11-17(18)23(19(22)24)16-10-7-13-21-14-16/h6,9,11,16,21H,2-5,7-8,10,12-14,20H2,1H3. The van der Waals surface area contributed by atoms with Gasteiger partial charge in [0.1, 0.15) is 0 Å². The number of para-hydroxylation sites is 1. The molecule has 5 heteroatoms. The van der Waals surface area contributed by atoms with Crippen LogP contribution in [0.1, 0.15) is 50.1 Å². The molecular weight excluding hydrogens is 300 g/mol. The first-order valence-electron chi connectivity index (χ1n) is 9.33. The van der Waals surface area contributed by atoms with Crippen molar-refractivity contribution < 1.29 is 0 Å². The molecule has 1 aliphatic heterocycles. The highest BCUT2D eigenvalue weighted by Gasteiger charge is 2.22. The van der Waals surface area contributed by atoms with E-state index in [-0.39, 0.29) is 11.7 Å². The van der Waals surface area contributed by atoms with Crippen LogP contribution in [0.3, 0.4) is 0 Å². The molecule has 1 atom stereocenters. The van der Waals surface area contributed by atoms with E-state index in [1.54, 1.807) is 0 Å². The highest BCUT2D eigenvalue weighted by Crippen LogP contribution is 2.25. The van der Waals surface area contributed by atoms with Crippen molar-refractivity contribution in [1.29, 1.82) is 0 Å². The van der Waals surface area contributed by atoms with E-state index in [1.165, 1.54) is 18.4 Å². The number of rotatable bonds is 7. The van der Waals surface area contributed by atoms with Gasteiger partial charge >= 0.3 is 5.69 Å². The summed E-state index contributed by atoms with van der Waals surface area (Å²) in [6.45, 7) is 2.73. The van der Waals surface area contributed by atoms with Crippen LogP contribution in [-0.4, -0.2) is 28.8 Å². The predicted octanol–water partition coefficient (Wildman–Crippen LogP) is 2.33. The smallest absolute Gasteiger partial charge is 0.329 e. The molecule has 2 heterocycles. The Kier molecular flexibility index (Phi) is 5.74. The van der Waals surface area contributed by atoms with Gasteiger partial charge in [0.15, 0.2) is 0 Å². The van der Waals surface area contributed by atoms with Gasteiger partial charge < -0.3 is 11.1 Å². The fourth-order valence-electron chi connectivity index (χ4n) is 3.94.